The van der Waals surface area contributed by atoms with Crippen molar-refractivity contribution < 1.29 is 9.84 Å². The molecule has 96 valence electrons. The van der Waals surface area contributed by atoms with Crippen molar-refractivity contribution in [2.24, 2.45) is 5.92 Å². The minimum absolute atomic E-state index is 0.273. The van der Waals surface area contributed by atoms with Gasteiger partial charge in [-0.3, -0.25) is 0 Å². The maximum atomic E-state index is 9.93. The van der Waals surface area contributed by atoms with E-state index >= 15 is 0 Å². The number of benzene rings is 1. The summed E-state index contributed by atoms with van der Waals surface area (Å²) >= 11 is 0. The van der Waals surface area contributed by atoms with E-state index in [4.69, 9.17) is 10.00 Å². The van der Waals surface area contributed by atoms with Gasteiger partial charge in [0.25, 0.3) is 0 Å². The van der Waals surface area contributed by atoms with Crippen LogP contribution in [0.1, 0.15) is 37.7 Å². The molecule has 1 unspecified atom stereocenters. The van der Waals surface area contributed by atoms with E-state index in [2.05, 4.69) is 6.07 Å². The molecule has 3 nitrogen and oxygen atoms in total. The first-order valence-corrected chi connectivity index (χ1v) is 6.59. The Morgan fingerprint density at radius 3 is 2.78 bits per heavy atom. The molecule has 0 heterocycles. The first kappa shape index (κ1) is 12.9. The molecule has 1 fully saturated rings. The van der Waals surface area contributed by atoms with Gasteiger partial charge in [0.15, 0.2) is 0 Å². The Kier molecular flexibility index (Phi) is 4.60. The van der Waals surface area contributed by atoms with Gasteiger partial charge < -0.3 is 9.84 Å². The Bertz CT molecular complexity index is 419. The van der Waals surface area contributed by atoms with Gasteiger partial charge in [-0.1, -0.05) is 37.8 Å². The van der Waals surface area contributed by atoms with E-state index in [9.17, 15) is 5.11 Å². The van der Waals surface area contributed by atoms with Crippen molar-refractivity contribution in [3.63, 3.8) is 0 Å². The summed E-state index contributed by atoms with van der Waals surface area (Å²) in [6, 6.07) is 9.21. The van der Waals surface area contributed by atoms with Crippen LogP contribution in [-0.2, 0) is 0 Å². The lowest BCUT2D eigenvalue weighted by molar-refractivity contribution is 0.0854. The van der Waals surface area contributed by atoms with Crippen LogP contribution in [0.3, 0.4) is 0 Å². The lowest BCUT2D eigenvalue weighted by Crippen LogP contribution is -2.20. The molecule has 0 saturated heterocycles. The predicted molar refractivity (Wildman–Crippen MR) is 69.2 cm³/mol. The molecule has 2 rings (SSSR count). The van der Waals surface area contributed by atoms with Gasteiger partial charge in [0.1, 0.15) is 18.4 Å². The van der Waals surface area contributed by atoms with Gasteiger partial charge in [-0.25, -0.2) is 0 Å². The predicted octanol–water partition coefficient (Wildman–Crippen LogP) is 2.88. The number of hydrogen-bond donors (Lipinski definition) is 1. The fourth-order valence-corrected chi connectivity index (χ4v) is 2.57. The minimum Gasteiger partial charge on any atom is -0.490 e. The molecule has 1 aromatic carbocycles. The van der Waals surface area contributed by atoms with Crippen molar-refractivity contribution in [1.29, 1.82) is 5.26 Å². The number of nitriles is 1. The molecule has 18 heavy (non-hydrogen) atoms. The van der Waals surface area contributed by atoms with Gasteiger partial charge in [0.2, 0.25) is 0 Å². The second-order valence-corrected chi connectivity index (χ2v) is 4.96. The van der Waals surface area contributed by atoms with Gasteiger partial charge in [0.05, 0.1) is 11.7 Å². The molecule has 1 aliphatic carbocycles. The Balaban J connectivity index is 1.81. The van der Waals surface area contributed by atoms with Crippen molar-refractivity contribution in [3.8, 4) is 11.8 Å². The smallest absolute Gasteiger partial charge is 0.137 e. The zero-order chi connectivity index (χ0) is 12.8. The Hall–Kier alpha value is -1.53. The van der Waals surface area contributed by atoms with E-state index in [-0.39, 0.29) is 6.61 Å². The molecule has 0 bridgehead atoms. The Morgan fingerprint density at radius 2 is 2.06 bits per heavy atom. The van der Waals surface area contributed by atoms with Crippen LogP contribution >= 0.6 is 0 Å². The number of hydrogen-bond acceptors (Lipinski definition) is 3. The molecule has 0 aliphatic heterocycles. The van der Waals surface area contributed by atoms with Gasteiger partial charge in [-0.05, 0) is 24.5 Å². The molecule has 1 aromatic rings. The standard InChI is InChI=1S/C15H19NO2/c16-10-13-7-3-4-8-15(13)18-11-14(17)9-12-5-1-2-6-12/h3-4,7-8,12,14,17H,1-2,5-6,9,11H2. The Labute approximate surface area is 108 Å². The van der Waals surface area contributed by atoms with Gasteiger partial charge >= 0.3 is 0 Å². The minimum atomic E-state index is -0.431. The summed E-state index contributed by atoms with van der Waals surface area (Å²) in [5.74, 6) is 1.21. The zero-order valence-electron chi connectivity index (χ0n) is 10.5. The van der Waals surface area contributed by atoms with Crippen LogP contribution in [0.2, 0.25) is 0 Å². The molecule has 1 saturated carbocycles. The lowest BCUT2D eigenvalue weighted by atomic mass is 10.0. The van der Waals surface area contributed by atoms with Crippen molar-refractivity contribution in [3.05, 3.63) is 29.8 Å². The summed E-state index contributed by atoms with van der Waals surface area (Å²) in [5.41, 5.74) is 0.519. The number of ether oxygens (including phenoxy) is 1. The van der Waals surface area contributed by atoms with Crippen molar-refractivity contribution in [2.45, 2.75) is 38.2 Å². The highest BCUT2D eigenvalue weighted by Gasteiger charge is 2.19. The second kappa shape index (κ2) is 6.42. The van der Waals surface area contributed by atoms with Gasteiger partial charge in [-0.15, -0.1) is 0 Å². The highest BCUT2D eigenvalue weighted by Crippen LogP contribution is 2.28. The highest BCUT2D eigenvalue weighted by molar-refractivity contribution is 5.42. The molecule has 0 aromatic heterocycles. The first-order valence-electron chi connectivity index (χ1n) is 6.59. The van der Waals surface area contributed by atoms with Gasteiger partial charge in [0, 0.05) is 0 Å². The normalized spacial score (nSPS) is 17.3. The van der Waals surface area contributed by atoms with E-state index in [1.807, 2.05) is 6.07 Å². The summed E-state index contributed by atoms with van der Waals surface area (Å²) in [5, 5.41) is 18.8. The topological polar surface area (TPSA) is 53.2 Å². The van der Waals surface area contributed by atoms with E-state index in [0.29, 0.717) is 17.2 Å². The SMILES string of the molecule is N#Cc1ccccc1OCC(O)CC1CCCC1. The molecule has 0 radical (unpaired) electrons. The average molecular weight is 245 g/mol. The molecule has 0 spiro atoms. The van der Waals surface area contributed by atoms with E-state index in [1.54, 1.807) is 18.2 Å². The van der Waals surface area contributed by atoms with Crippen LogP contribution in [0.25, 0.3) is 0 Å². The molecular formula is C15H19NO2. The fourth-order valence-electron chi connectivity index (χ4n) is 2.57. The number of aliphatic hydroxyl groups is 1. The van der Waals surface area contributed by atoms with Crippen LogP contribution < -0.4 is 4.74 Å². The van der Waals surface area contributed by atoms with E-state index in [0.717, 1.165) is 6.42 Å². The number of aliphatic hydroxyl groups excluding tert-OH is 1. The monoisotopic (exact) mass is 245 g/mol. The van der Waals surface area contributed by atoms with Crippen LogP contribution in [0.5, 0.6) is 5.75 Å². The molecule has 1 N–H and O–H groups in total. The summed E-state index contributed by atoms with van der Waals surface area (Å²) < 4.78 is 5.53. The molecule has 1 aliphatic rings. The first-order chi connectivity index (χ1) is 8.79. The van der Waals surface area contributed by atoms with Crippen molar-refractivity contribution in [2.75, 3.05) is 6.61 Å². The van der Waals surface area contributed by atoms with E-state index < -0.39 is 6.10 Å². The quantitative estimate of drug-likeness (QED) is 0.867. The molecule has 0 amide bonds. The highest BCUT2D eigenvalue weighted by atomic mass is 16.5. The van der Waals surface area contributed by atoms with Crippen molar-refractivity contribution in [1.82, 2.24) is 0 Å². The maximum Gasteiger partial charge on any atom is 0.137 e. The fraction of sp³-hybridized carbons (Fsp3) is 0.533. The summed E-state index contributed by atoms with van der Waals surface area (Å²) in [6.07, 6.45) is 5.41. The Morgan fingerprint density at radius 1 is 1.33 bits per heavy atom. The van der Waals surface area contributed by atoms with Crippen LogP contribution in [-0.4, -0.2) is 17.8 Å². The second-order valence-electron chi connectivity index (χ2n) is 4.96. The summed E-state index contributed by atoms with van der Waals surface area (Å²) in [7, 11) is 0. The third kappa shape index (κ3) is 3.48. The molecular weight excluding hydrogens is 226 g/mol. The average Bonchev–Trinajstić information content (AvgIpc) is 2.89. The molecule has 1 atom stereocenters. The summed E-state index contributed by atoms with van der Waals surface area (Å²) in [6.45, 7) is 0.273. The van der Waals surface area contributed by atoms with E-state index in [1.165, 1.54) is 25.7 Å². The molecule has 3 heteroatoms. The third-order valence-electron chi connectivity index (χ3n) is 3.52. The maximum absolute atomic E-state index is 9.93. The van der Waals surface area contributed by atoms with Gasteiger partial charge in [-0.2, -0.15) is 5.26 Å². The van der Waals surface area contributed by atoms with Crippen LogP contribution in [0, 0.1) is 17.2 Å². The summed E-state index contributed by atoms with van der Waals surface area (Å²) in [4.78, 5) is 0. The number of para-hydroxylation sites is 1. The van der Waals surface area contributed by atoms with Crippen LogP contribution in [0.4, 0.5) is 0 Å². The number of rotatable bonds is 5. The largest absolute Gasteiger partial charge is 0.490 e. The number of nitrogens with zero attached hydrogens (tertiary/aromatic N) is 1. The zero-order valence-corrected chi connectivity index (χ0v) is 10.5. The van der Waals surface area contributed by atoms with Crippen molar-refractivity contribution >= 4 is 0 Å². The lowest BCUT2D eigenvalue weighted by Gasteiger charge is -2.16. The van der Waals surface area contributed by atoms with Crippen LogP contribution in [0.15, 0.2) is 24.3 Å². The third-order valence-corrected chi connectivity index (χ3v) is 3.52.